The molecule has 1 saturated heterocycles. The Balaban J connectivity index is 1.41. The Kier molecular flexibility index (Phi) is 4.52. The molecule has 2 aromatic heterocycles. The molecule has 0 saturated carbocycles. The van der Waals surface area contributed by atoms with E-state index in [1.165, 1.54) is 0 Å². The third-order valence-corrected chi connectivity index (χ3v) is 4.19. The fourth-order valence-electron chi connectivity index (χ4n) is 2.34. The molecule has 3 rings (SSSR count). The summed E-state index contributed by atoms with van der Waals surface area (Å²) in [4.78, 5) is 20.6. The molecule has 1 aliphatic heterocycles. The zero-order valence-corrected chi connectivity index (χ0v) is 12.5. The number of thiazole rings is 1. The third kappa shape index (κ3) is 3.83. The molecule has 0 radical (unpaired) electrons. The molecular weight excluding hydrogens is 288 g/mol. The molecule has 7 heteroatoms. The maximum Gasteiger partial charge on any atom is 0.317 e. The summed E-state index contributed by atoms with van der Waals surface area (Å²) < 4.78 is 4.98. The predicted molar refractivity (Wildman–Crippen MR) is 79.9 cm³/mol. The van der Waals surface area contributed by atoms with Gasteiger partial charge >= 0.3 is 6.03 Å². The number of rotatable bonds is 4. The van der Waals surface area contributed by atoms with E-state index in [2.05, 4.69) is 20.6 Å². The van der Waals surface area contributed by atoms with Gasteiger partial charge in [-0.1, -0.05) is 0 Å². The van der Waals surface area contributed by atoms with Gasteiger partial charge in [-0.15, -0.1) is 11.3 Å². The van der Waals surface area contributed by atoms with Crippen molar-refractivity contribution in [3.05, 3.63) is 40.7 Å². The SMILES string of the molecule is O=C(NCc1ccoc1)N1CCN(Cc2cscn2)CC1. The van der Waals surface area contributed by atoms with Crippen LogP contribution in [-0.4, -0.2) is 47.0 Å². The number of furan rings is 1. The van der Waals surface area contributed by atoms with Crippen molar-refractivity contribution in [3.8, 4) is 0 Å². The van der Waals surface area contributed by atoms with E-state index in [1.807, 2.05) is 16.5 Å². The molecule has 3 heterocycles. The Labute approximate surface area is 127 Å². The molecule has 1 N–H and O–H groups in total. The lowest BCUT2D eigenvalue weighted by Gasteiger charge is -2.34. The summed E-state index contributed by atoms with van der Waals surface area (Å²) in [6.07, 6.45) is 3.25. The molecule has 0 atom stereocenters. The summed E-state index contributed by atoms with van der Waals surface area (Å²) >= 11 is 1.62. The summed E-state index contributed by atoms with van der Waals surface area (Å²) in [7, 11) is 0. The molecule has 0 bridgehead atoms. The van der Waals surface area contributed by atoms with Crippen LogP contribution in [0.5, 0.6) is 0 Å². The van der Waals surface area contributed by atoms with Gasteiger partial charge in [0.25, 0.3) is 0 Å². The summed E-state index contributed by atoms with van der Waals surface area (Å²) in [5.74, 6) is 0. The molecular formula is C14H18N4O2S. The summed E-state index contributed by atoms with van der Waals surface area (Å²) in [6, 6.07) is 1.84. The lowest BCUT2D eigenvalue weighted by atomic mass is 10.3. The van der Waals surface area contributed by atoms with Gasteiger partial charge in [0.15, 0.2) is 0 Å². The number of carbonyl (C=O) groups excluding carboxylic acids is 1. The summed E-state index contributed by atoms with van der Waals surface area (Å²) in [5.41, 5.74) is 3.94. The van der Waals surface area contributed by atoms with Crippen LogP contribution < -0.4 is 5.32 Å². The minimum Gasteiger partial charge on any atom is -0.472 e. The average Bonchev–Trinajstić information content (AvgIpc) is 3.19. The molecule has 112 valence electrons. The van der Waals surface area contributed by atoms with Crippen molar-refractivity contribution in [1.29, 1.82) is 0 Å². The minimum atomic E-state index is -0.00971. The smallest absolute Gasteiger partial charge is 0.317 e. The molecule has 2 amide bonds. The Bertz CT molecular complexity index is 548. The van der Waals surface area contributed by atoms with E-state index in [-0.39, 0.29) is 6.03 Å². The molecule has 2 aromatic rings. The summed E-state index contributed by atoms with van der Waals surface area (Å²) in [6.45, 7) is 4.65. The maximum absolute atomic E-state index is 12.1. The number of hydrogen-bond acceptors (Lipinski definition) is 5. The van der Waals surface area contributed by atoms with Crippen molar-refractivity contribution in [2.75, 3.05) is 26.2 Å². The maximum atomic E-state index is 12.1. The Morgan fingerprint density at radius 1 is 1.38 bits per heavy atom. The fraction of sp³-hybridized carbons (Fsp3) is 0.429. The van der Waals surface area contributed by atoms with Crippen molar-refractivity contribution in [2.24, 2.45) is 0 Å². The van der Waals surface area contributed by atoms with Crippen LogP contribution in [0.1, 0.15) is 11.3 Å². The van der Waals surface area contributed by atoms with Gasteiger partial charge in [0, 0.05) is 50.2 Å². The van der Waals surface area contributed by atoms with Gasteiger partial charge in [0.1, 0.15) is 0 Å². The summed E-state index contributed by atoms with van der Waals surface area (Å²) in [5, 5.41) is 4.99. The normalized spacial score (nSPS) is 16.1. The highest BCUT2D eigenvalue weighted by molar-refractivity contribution is 7.07. The highest BCUT2D eigenvalue weighted by Gasteiger charge is 2.21. The Morgan fingerprint density at radius 2 is 2.24 bits per heavy atom. The second-order valence-corrected chi connectivity index (χ2v) is 5.75. The standard InChI is InChI=1S/C14H18N4O2S/c19-14(15-7-12-1-6-20-9-12)18-4-2-17(3-5-18)8-13-10-21-11-16-13/h1,6,9-11H,2-5,7-8H2,(H,15,19). The van der Waals surface area contributed by atoms with Crippen LogP contribution in [0.3, 0.4) is 0 Å². The highest BCUT2D eigenvalue weighted by atomic mass is 32.1. The van der Waals surface area contributed by atoms with Crippen molar-refractivity contribution < 1.29 is 9.21 Å². The molecule has 0 aromatic carbocycles. The first-order chi connectivity index (χ1) is 10.3. The van der Waals surface area contributed by atoms with Crippen LogP contribution in [0.15, 0.2) is 33.9 Å². The van der Waals surface area contributed by atoms with Crippen molar-refractivity contribution in [2.45, 2.75) is 13.1 Å². The molecule has 21 heavy (non-hydrogen) atoms. The van der Waals surface area contributed by atoms with Gasteiger partial charge < -0.3 is 14.6 Å². The predicted octanol–water partition coefficient (Wildman–Crippen LogP) is 1.76. The second kappa shape index (κ2) is 6.73. The van der Waals surface area contributed by atoms with E-state index in [0.29, 0.717) is 6.54 Å². The van der Waals surface area contributed by atoms with E-state index in [4.69, 9.17) is 4.42 Å². The number of aromatic nitrogens is 1. The molecule has 0 unspecified atom stereocenters. The molecule has 0 aliphatic carbocycles. The number of amides is 2. The quantitative estimate of drug-likeness (QED) is 0.935. The lowest BCUT2D eigenvalue weighted by molar-refractivity contribution is 0.134. The number of urea groups is 1. The number of carbonyl (C=O) groups is 1. The van der Waals surface area contributed by atoms with E-state index in [1.54, 1.807) is 23.9 Å². The number of nitrogens with one attached hydrogen (secondary N) is 1. The van der Waals surface area contributed by atoms with E-state index in [9.17, 15) is 4.79 Å². The number of nitrogens with zero attached hydrogens (tertiary/aromatic N) is 3. The van der Waals surface area contributed by atoms with Gasteiger partial charge in [-0.2, -0.15) is 0 Å². The van der Waals surface area contributed by atoms with Crippen LogP contribution in [0.25, 0.3) is 0 Å². The number of piperazine rings is 1. The van der Waals surface area contributed by atoms with Gasteiger partial charge in [-0.25, -0.2) is 9.78 Å². The first-order valence-electron chi connectivity index (χ1n) is 6.94. The Hall–Kier alpha value is -1.86. The largest absolute Gasteiger partial charge is 0.472 e. The third-order valence-electron chi connectivity index (χ3n) is 3.55. The van der Waals surface area contributed by atoms with Gasteiger partial charge in [0.2, 0.25) is 0 Å². The van der Waals surface area contributed by atoms with E-state index < -0.39 is 0 Å². The first kappa shape index (κ1) is 14.1. The molecule has 1 fully saturated rings. The van der Waals surface area contributed by atoms with Gasteiger partial charge in [0.05, 0.1) is 23.7 Å². The zero-order chi connectivity index (χ0) is 14.5. The zero-order valence-electron chi connectivity index (χ0n) is 11.7. The van der Waals surface area contributed by atoms with Crippen molar-refractivity contribution in [3.63, 3.8) is 0 Å². The van der Waals surface area contributed by atoms with E-state index in [0.717, 1.165) is 44.0 Å². The average molecular weight is 306 g/mol. The van der Waals surface area contributed by atoms with Crippen LogP contribution in [0.4, 0.5) is 4.79 Å². The first-order valence-corrected chi connectivity index (χ1v) is 7.89. The molecule has 0 spiro atoms. The van der Waals surface area contributed by atoms with Crippen molar-refractivity contribution >= 4 is 17.4 Å². The Morgan fingerprint density at radius 3 is 2.90 bits per heavy atom. The van der Waals surface area contributed by atoms with Crippen LogP contribution in [0.2, 0.25) is 0 Å². The van der Waals surface area contributed by atoms with E-state index >= 15 is 0 Å². The van der Waals surface area contributed by atoms with Crippen LogP contribution >= 0.6 is 11.3 Å². The minimum absolute atomic E-state index is 0.00971. The van der Waals surface area contributed by atoms with Gasteiger partial charge in [-0.3, -0.25) is 4.90 Å². The second-order valence-electron chi connectivity index (χ2n) is 5.03. The van der Waals surface area contributed by atoms with Crippen molar-refractivity contribution in [1.82, 2.24) is 20.1 Å². The van der Waals surface area contributed by atoms with Crippen LogP contribution in [0, 0.1) is 0 Å². The topological polar surface area (TPSA) is 61.6 Å². The molecule has 1 aliphatic rings. The lowest BCUT2D eigenvalue weighted by Crippen LogP contribution is -2.51. The van der Waals surface area contributed by atoms with Crippen LogP contribution in [-0.2, 0) is 13.1 Å². The molecule has 6 nitrogen and oxygen atoms in total. The van der Waals surface area contributed by atoms with Gasteiger partial charge in [-0.05, 0) is 6.07 Å². The highest BCUT2D eigenvalue weighted by Crippen LogP contribution is 2.09. The number of hydrogen-bond donors (Lipinski definition) is 1. The monoisotopic (exact) mass is 306 g/mol. The fourth-order valence-corrected chi connectivity index (χ4v) is 2.89.